The molecule has 1 heterocycles. The molecule has 2 aromatic rings. The number of hydrogen-bond acceptors (Lipinski definition) is 2. The van der Waals surface area contributed by atoms with Gasteiger partial charge in [0.15, 0.2) is 0 Å². The zero-order valence-electron chi connectivity index (χ0n) is 7.29. The molecule has 4 heteroatoms. The Labute approximate surface area is 99.5 Å². The van der Waals surface area contributed by atoms with Crippen LogP contribution in [0.15, 0.2) is 29.6 Å². The molecule has 0 unspecified atom stereocenters. The third-order valence-electron chi connectivity index (χ3n) is 1.86. The van der Waals surface area contributed by atoms with Crippen molar-refractivity contribution in [2.75, 3.05) is 9.74 Å². The third-order valence-corrected chi connectivity index (χ3v) is 3.45. The standard InChI is InChI=1S/C10H8INOS/c11-6-10(13)12-8-1-2-9-7(5-8)3-4-14-9/h1-5H,6H2,(H,12,13). The second-order valence-electron chi connectivity index (χ2n) is 2.86. The molecule has 1 N–H and O–H groups in total. The number of benzene rings is 1. The van der Waals surface area contributed by atoms with Gasteiger partial charge in [-0.15, -0.1) is 11.3 Å². The zero-order valence-corrected chi connectivity index (χ0v) is 10.3. The minimum Gasteiger partial charge on any atom is -0.325 e. The van der Waals surface area contributed by atoms with Crippen molar-refractivity contribution in [2.24, 2.45) is 0 Å². The van der Waals surface area contributed by atoms with Crippen molar-refractivity contribution in [3.63, 3.8) is 0 Å². The van der Waals surface area contributed by atoms with Gasteiger partial charge in [-0.05, 0) is 35.0 Å². The molecule has 0 aliphatic heterocycles. The fraction of sp³-hybridized carbons (Fsp3) is 0.100. The Morgan fingerprint density at radius 1 is 1.43 bits per heavy atom. The number of hydrogen-bond donors (Lipinski definition) is 1. The average molecular weight is 317 g/mol. The summed E-state index contributed by atoms with van der Waals surface area (Å²) in [5.74, 6) is 0.0418. The number of nitrogens with one attached hydrogen (secondary N) is 1. The molecule has 1 amide bonds. The Hall–Kier alpha value is -0.620. The molecular weight excluding hydrogens is 309 g/mol. The van der Waals surface area contributed by atoms with E-state index >= 15 is 0 Å². The van der Waals surface area contributed by atoms with Crippen molar-refractivity contribution in [1.29, 1.82) is 0 Å². The van der Waals surface area contributed by atoms with Crippen LogP contribution >= 0.6 is 33.9 Å². The number of anilines is 1. The van der Waals surface area contributed by atoms with Crippen LogP contribution in [-0.4, -0.2) is 10.3 Å². The summed E-state index contributed by atoms with van der Waals surface area (Å²) in [5.41, 5.74) is 0.873. The topological polar surface area (TPSA) is 29.1 Å². The maximum atomic E-state index is 11.1. The summed E-state index contributed by atoms with van der Waals surface area (Å²) in [4.78, 5) is 11.1. The van der Waals surface area contributed by atoms with Crippen molar-refractivity contribution in [3.05, 3.63) is 29.6 Å². The molecule has 0 saturated carbocycles. The summed E-state index contributed by atoms with van der Waals surface area (Å²) >= 11 is 3.75. The van der Waals surface area contributed by atoms with Crippen LogP contribution in [0, 0.1) is 0 Å². The maximum Gasteiger partial charge on any atom is 0.234 e. The van der Waals surface area contributed by atoms with E-state index in [9.17, 15) is 4.79 Å². The summed E-state index contributed by atoms with van der Waals surface area (Å²) in [5, 5.41) is 6.06. The van der Waals surface area contributed by atoms with Crippen molar-refractivity contribution in [3.8, 4) is 0 Å². The Balaban J connectivity index is 2.30. The van der Waals surface area contributed by atoms with Crippen molar-refractivity contribution < 1.29 is 4.79 Å². The largest absolute Gasteiger partial charge is 0.325 e. The van der Waals surface area contributed by atoms with E-state index in [1.807, 2.05) is 40.8 Å². The molecule has 0 radical (unpaired) electrons. The van der Waals surface area contributed by atoms with Gasteiger partial charge in [-0.25, -0.2) is 0 Å². The average Bonchev–Trinajstić information content (AvgIpc) is 2.64. The summed E-state index contributed by atoms with van der Waals surface area (Å²) in [7, 11) is 0. The van der Waals surface area contributed by atoms with Gasteiger partial charge in [0.25, 0.3) is 0 Å². The molecule has 2 nitrogen and oxygen atoms in total. The first-order valence-corrected chi connectivity index (χ1v) is 6.53. The first kappa shape index (κ1) is 9.92. The lowest BCUT2D eigenvalue weighted by molar-refractivity contribution is -0.113. The SMILES string of the molecule is O=C(CI)Nc1ccc2sccc2c1. The first-order valence-electron chi connectivity index (χ1n) is 4.12. The number of carbonyl (C=O) groups is 1. The number of amides is 1. The Kier molecular flexibility index (Phi) is 3.02. The van der Waals surface area contributed by atoms with Crippen LogP contribution in [-0.2, 0) is 4.79 Å². The van der Waals surface area contributed by atoms with Crippen LogP contribution in [0.5, 0.6) is 0 Å². The van der Waals surface area contributed by atoms with Crippen molar-refractivity contribution >= 4 is 55.6 Å². The molecule has 1 aromatic carbocycles. The van der Waals surface area contributed by atoms with E-state index in [1.165, 1.54) is 10.1 Å². The van der Waals surface area contributed by atoms with E-state index in [0.717, 1.165) is 5.69 Å². The predicted molar refractivity (Wildman–Crippen MR) is 69.3 cm³/mol. The Bertz CT molecular complexity index is 466. The second-order valence-corrected chi connectivity index (χ2v) is 4.57. The smallest absolute Gasteiger partial charge is 0.234 e. The molecular formula is C10H8INOS. The molecule has 0 spiro atoms. The van der Waals surface area contributed by atoms with Gasteiger partial charge in [-0.1, -0.05) is 22.6 Å². The fourth-order valence-electron chi connectivity index (χ4n) is 1.24. The van der Waals surface area contributed by atoms with Crippen LogP contribution in [0.2, 0.25) is 0 Å². The molecule has 0 fully saturated rings. The van der Waals surface area contributed by atoms with Crippen LogP contribution in [0.4, 0.5) is 5.69 Å². The summed E-state index contributed by atoms with van der Waals surface area (Å²) < 4.78 is 1.73. The minimum absolute atomic E-state index is 0.0418. The molecule has 2 rings (SSSR count). The highest BCUT2D eigenvalue weighted by atomic mass is 127. The van der Waals surface area contributed by atoms with Crippen LogP contribution in [0.3, 0.4) is 0 Å². The highest BCUT2D eigenvalue weighted by Gasteiger charge is 2.00. The van der Waals surface area contributed by atoms with Gasteiger partial charge in [0.2, 0.25) is 5.91 Å². The minimum atomic E-state index is 0.0418. The van der Waals surface area contributed by atoms with Gasteiger partial charge in [0.1, 0.15) is 0 Å². The highest BCUT2D eigenvalue weighted by molar-refractivity contribution is 14.1. The second kappa shape index (κ2) is 4.27. The number of fused-ring (bicyclic) bond motifs is 1. The third kappa shape index (κ3) is 2.06. The van der Waals surface area contributed by atoms with E-state index in [-0.39, 0.29) is 5.91 Å². The van der Waals surface area contributed by atoms with E-state index in [2.05, 4.69) is 16.8 Å². The van der Waals surface area contributed by atoms with Gasteiger partial charge in [-0.3, -0.25) is 4.79 Å². The lowest BCUT2D eigenvalue weighted by Gasteiger charge is -2.02. The van der Waals surface area contributed by atoms with Gasteiger partial charge < -0.3 is 5.32 Å². The lowest BCUT2D eigenvalue weighted by Crippen LogP contribution is -2.11. The number of thiophene rings is 1. The van der Waals surface area contributed by atoms with Gasteiger partial charge in [-0.2, -0.15) is 0 Å². The number of alkyl halides is 1. The predicted octanol–water partition coefficient (Wildman–Crippen LogP) is 3.27. The van der Waals surface area contributed by atoms with Crippen LogP contribution < -0.4 is 5.32 Å². The van der Waals surface area contributed by atoms with Crippen LogP contribution in [0.25, 0.3) is 10.1 Å². The van der Waals surface area contributed by atoms with Crippen molar-refractivity contribution in [1.82, 2.24) is 0 Å². The number of carbonyl (C=O) groups excluding carboxylic acids is 1. The Morgan fingerprint density at radius 2 is 2.29 bits per heavy atom. The van der Waals surface area contributed by atoms with Gasteiger partial charge >= 0.3 is 0 Å². The molecule has 72 valence electrons. The summed E-state index contributed by atoms with van der Waals surface area (Å²) in [6.07, 6.45) is 0. The molecule has 14 heavy (non-hydrogen) atoms. The van der Waals surface area contributed by atoms with Crippen molar-refractivity contribution in [2.45, 2.75) is 0 Å². The molecule has 0 atom stereocenters. The molecule has 1 aromatic heterocycles. The molecule has 0 aliphatic rings. The van der Waals surface area contributed by atoms with Gasteiger partial charge in [0, 0.05) is 10.4 Å². The maximum absolute atomic E-state index is 11.1. The molecule has 0 aliphatic carbocycles. The Morgan fingerprint density at radius 3 is 3.07 bits per heavy atom. The molecule has 0 saturated heterocycles. The summed E-state index contributed by atoms with van der Waals surface area (Å²) in [6.45, 7) is 0. The quantitative estimate of drug-likeness (QED) is 0.668. The van der Waals surface area contributed by atoms with E-state index < -0.39 is 0 Å². The molecule has 0 bridgehead atoms. The van der Waals surface area contributed by atoms with E-state index in [0.29, 0.717) is 4.43 Å². The normalized spacial score (nSPS) is 10.4. The fourth-order valence-corrected chi connectivity index (χ4v) is 2.20. The summed E-state index contributed by atoms with van der Waals surface area (Å²) in [6, 6.07) is 8.02. The lowest BCUT2D eigenvalue weighted by atomic mass is 10.2. The van der Waals surface area contributed by atoms with E-state index in [1.54, 1.807) is 11.3 Å². The van der Waals surface area contributed by atoms with Crippen LogP contribution in [0.1, 0.15) is 0 Å². The zero-order chi connectivity index (χ0) is 9.97. The number of rotatable bonds is 2. The van der Waals surface area contributed by atoms with Gasteiger partial charge in [0.05, 0.1) is 4.43 Å². The highest BCUT2D eigenvalue weighted by Crippen LogP contribution is 2.23. The first-order chi connectivity index (χ1) is 6.79. The van der Waals surface area contributed by atoms with E-state index in [4.69, 9.17) is 0 Å². The number of halogens is 1. The monoisotopic (exact) mass is 317 g/mol.